The van der Waals surface area contributed by atoms with E-state index < -0.39 is 0 Å². The third-order valence-corrected chi connectivity index (χ3v) is 8.65. The second kappa shape index (κ2) is 11.2. The average Bonchev–Trinajstić information content (AvgIpc) is 3.62. The third-order valence-electron chi connectivity index (χ3n) is 8.34. The maximum atomic E-state index is 6.72. The van der Waals surface area contributed by atoms with Crippen LogP contribution in [0.1, 0.15) is 34.0 Å². The van der Waals surface area contributed by atoms with Crippen LogP contribution in [0.2, 0.25) is 0 Å². The number of para-hydroxylation sites is 1. The molecule has 0 fully saturated rings. The average molecular weight is 598 g/mol. The zero-order valence-corrected chi connectivity index (χ0v) is 25.5. The molecule has 3 heterocycles. The Kier molecular flexibility index (Phi) is 6.78. The molecule has 0 aliphatic carbocycles. The molecule has 1 N–H and O–H groups in total. The van der Waals surface area contributed by atoms with Crippen molar-refractivity contribution >= 4 is 43.8 Å². The zero-order chi connectivity index (χ0) is 30.3. The Hall–Kier alpha value is -5.43. The van der Waals surface area contributed by atoms with Gasteiger partial charge >= 0.3 is 0 Å². The van der Waals surface area contributed by atoms with Gasteiger partial charge in [0.2, 0.25) is 5.88 Å². The minimum atomic E-state index is -0.137. The minimum Gasteiger partial charge on any atom is -0.439 e. The first kappa shape index (κ1) is 27.1. The molecule has 1 unspecified atom stereocenters. The number of aliphatic imine (C=N–C) groups is 1. The fraction of sp³-hybridized carbons (Fsp3) is 0.0513. The SMILES string of the molecule is C=C1/C=C\c2c(n(-c3ccc(CN4NC(c5ccccc5)=NC4c4ccccc4)cc3)c3ccc([Si])cc23)Oc2ccccc21. The maximum absolute atomic E-state index is 6.72. The molecule has 8 rings (SSSR count). The normalized spacial score (nSPS) is 16.6. The van der Waals surface area contributed by atoms with Crippen LogP contribution in [0.25, 0.3) is 28.2 Å². The lowest BCUT2D eigenvalue weighted by molar-refractivity contribution is 0.181. The van der Waals surface area contributed by atoms with E-state index in [-0.39, 0.29) is 6.17 Å². The summed E-state index contributed by atoms with van der Waals surface area (Å²) in [5, 5.41) is 4.31. The fourth-order valence-corrected chi connectivity index (χ4v) is 6.34. The number of hydrogen-bond donors (Lipinski definition) is 1. The number of nitrogens with zero attached hydrogens (tertiary/aromatic N) is 3. The van der Waals surface area contributed by atoms with Crippen molar-refractivity contribution in [2.75, 3.05) is 0 Å². The van der Waals surface area contributed by atoms with Crippen molar-refractivity contribution in [2.45, 2.75) is 12.7 Å². The predicted molar refractivity (Wildman–Crippen MR) is 184 cm³/mol. The molecule has 215 valence electrons. The van der Waals surface area contributed by atoms with Crippen LogP contribution in [0, 0.1) is 0 Å². The van der Waals surface area contributed by atoms with Gasteiger partial charge in [0.1, 0.15) is 17.8 Å². The first-order valence-corrected chi connectivity index (χ1v) is 15.5. The number of nitrogens with one attached hydrogen (secondary N) is 1. The standard InChI is InChI=1S/C39H29N4OSi/c1-26-16-22-33-34-24-31(45)21-23-35(34)43(39(33)44-36-15-9-8-14-32(26)36)30-19-17-27(18-20-30)25-42-38(29-12-6-3-7-13-29)40-37(41-42)28-10-4-2-5-11-28/h2-24,38H,1,25H2,(H,40,41)/b22-16-. The Labute approximate surface area is 265 Å². The lowest BCUT2D eigenvalue weighted by atomic mass is 10.0. The molecule has 2 aliphatic rings. The van der Waals surface area contributed by atoms with Crippen LogP contribution < -0.4 is 15.3 Å². The van der Waals surface area contributed by atoms with E-state index in [4.69, 9.17) is 9.73 Å². The smallest absolute Gasteiger partial charge is 0.213 e. The molecule has 0 bridgehead atoms. The second-order valence-electron chi connectivity index (χ2n) is 11.3. The van der Waals surface area contributed by atoms with E-state index in [0.717, 1.165) is 67.1 Å². The van der Waals surface area contributed by atoms with Gasteiger partial charge in [-0.2, -0.15) is 5.01 Å². The monoisotopic (exact) mass is 597 g/mol. The molecule has 0 amide bonds. The molecule has 0 spiro atoms. The molecule has 0 saturated carbocycles. The molecule has 5 nitrogen and oxygen atoms in total. The summed E-state index contributed by atoms with van der Waals surface area (Å²) < 4.78 is 8.92. The minimum absolute atomic E-state index is 0.137. The van der Waals surface area contributed by atoms with Crippen molar-refractivity contribution < 1.29 is 4.74 Å². The van der Waals surface area contributed by atoms with Crippen molar-refractivity contribution in [3.8, 4) is 17.3 Å². The quantitative estimate of drug-likeness (QED) is 0.207. The number of fused-ring (bicyclic) bond motifs is 4. The summed E-state index contributed by atoms with van der Waals surface area (Å²) >= 11 is 0. The molecule has 6 aromatic rings. The van der Waals surface area contributed by atoms with E-state index in [2.05, 4.69) is 123 Å². The van der Waals surface area contributed by atoms with Crippen LogP contribution in [-0.2, 0) is 6.54 Å². The van der Waals surface area contributed by atoms with Crippen LogP contribution in [0.4, 0.5) is 0 Å². The molecule has 3 radical (unpaired) electrons. The number of amidine groups is 1. The van der Waals surface area contributed by atoms with E-state index in [1.807, 2.05) is 48.5 Å². The molecular weight excluding hydrogens is 569 g/mol. The molecular formula is C39H29N4OSi. The van der Waals surface area contributed by atoms with Gasteiger partial charge in [-0.15, -0.1) is 0 Å². The van der Waals surface area contributed by atoms with Gasteiger partial charge in [-0.1, -0.05) is 121 Å². The van der Waals surface area contributed by atoms with Crippen LogP contribution in [0.15, 0.2) is 145 Å². The number of rotatable bonds is 5. The fourth-order valence-electron chi connectivity index (χ4n) is 6.11. The van der Waals surface area contributed by atoms with Gasteiger partial charge in [0.05, 0.1) is 15.8 Å². The Morgan fingerprint density at radius 1 is 0.800 bits per heavy atom. The van der Waals surface area contributed by atoms with Crippen molar-refractivity contribution in [3.63, 3.8) is 0 Å². The van der Waals surface area contributed by atoms with Gasteiger partial charge in [-0.05, 0) is 47.0 Å². The molecule has 45 heavy (non-hydrogen) atoms. The lowest BCUT2D eigenvalue weighted by Crippen LogP contribution is -2.37. The van der Waals surface area contributed by atoms with Crippen LogP contribution in [-0.4, -0.2) is 25.7 Å². The number of allylic oxidation sites excluding steroid dienone is 2. The van der Waals surface area contributed by atoms with E-state index in [0.29, 0.717) is 6.54 Å². The number of hydrazine groups is 1. The number of benzene rings is 5. The summed E-state index contributed by atoms with van der Waals surface area (Å²) in [6.45, 7) is 4.96. The highest BCUT2D eigenvalue weighted by Crippen LogP contribution is 2.42. The van der Waals surface area contributed by atoms with Gasteiger partial charge in [0.25, 0.3) is 0 Å². The number of aromatic nitrogens is 1. The lowest BCUT2D eigenvalue weighted by Gasteiger charge is -2.24. The molecule has 5 aromatic carbocycles. The molecule has 6 heteroatoms. The van der Waals surface area contributed by atoms with Crippen LogP contribution >= 0.6 is 0 Å². The summed E-state index contributed by atoms with van der Waals surface area (Å²) in [5.41, 5.74) is 12.0. The Morgan fingerprint density at radius 3 is 2.33 bits per heavy atom. The van der Waals surface area contributed by atoms with Gasteiger partial charge in [-0.25, -0.2) is 4.99 Å². The number of ether oxygens (including phenoxy) is 1. The van der Waals surface area contributed by atoms with Crippen molar-refractivity contribution in [3.05, 3.63) is 168 Å². The highest BCUT2D eigenvalue weighted by atomic mass is 28.1. The second-order valence-corrected chi connectivity index (χ2v) is 11.9. The van der Waals surface area contributed by atoms with Gasteiger partial charge in [0, 0.05) is 34.3 Å². The molecule has 0 saturated heterocycles. The third kappa shape index (κ3) is 5.00. The summed E-state index contributed by atoms with van der Waals surface area (Å²) in [6, 6.07) is 43.8. The van der Waals surface area contributed by atoms with Crippen molar-refractivity contribution in [1.29, 1.82) is 0 Å². The maximum Gasteiger partial charge on any atom is 0.213 e. The molecule has 1 atom stereocenters. The summed E-state index contributed by atoms with van der Waals surface area (Å²) in [5.74, 6) is 2.43. The number of hydrogen-bond acceptors (Lipinski definition) is 4. The summed E-state index contributed by atoms with van der Waals surface area (Å²) in [4.78, 5) is 5.09. The summed E-state index contributed by atoms with van der Waals surface area (Å²) in [6.07, 6.45) is 4.05. The first-order valence-electron chi connectivity index (χ1n) is 15.0. The molecule has 2 aliphatic heterocycles. The predicted octanol–water partition coefficient (Wildman–Crippen LogP) is 7.72. The van der Waals surface area contributed by atoms with Gasteiger partial charge in [-0.3, -0.25) is 4.57 Å². The highest BCUT2D eigenvalue weighted by Gasteiger charge is 2.28. The Morgan fingerprint density at radius 2 is 1.53 bits per heavy atom. The van der Waals surface area contributed by atoms with E-state index >= 15 is 0 Å². The van der Waals surface area contributed by atoms with Crippen molar-refractivity contribution in [2.24, 2.45) is 4.99 Å². The summed E-state index contributed by atoms with van der Waals surface area (Å²) in [7, 11) is 3.74. The molecule has 1 aromatic heterocycles. The van der Waals surface area contributed by atoms with Crippen LogP contribution in [0.3, 0.4) is 0 Å². The van der Waals surface area contributed by atoms with Gasteiger partial charge < -0.3 is 10.2 Å². The van der Waals surface area contributed by atoms with Gasteiger partial charge in [0.15, 0.2) is 0 Å². The topological polar surface area (TPSA) is 41.8 Å². The first-order chi connectivity index (χ1) is 22.1. The zero-order valence-electron chi connectivity index (χ0n) is 24.5. The van der Waals surface area contributed by atoms with E-state index in [1.54, 1.807) is 0 Å². The Balaban J connectivity index is 1.16. The largest absolute Gasteiger partial charge is 0.439 e. The Bertz CT molecular complexity index is 2110. The van der Waals surface area contributed by atoms with E-state index in [9.17, 15) is 0 Å². The van der Waals surface area contributed by atoms with E-state index in [1.165, 1.54) is 5.56 Å². The van der Waals surface area contributed by atoms with Crippen molar-refractivity contribution in [1.82, 2.24) is 15.0 Å². The highest BCUT2D eigenvalue weighted by molar-refractivity contribution is 6.33. The van der Waals surface area contributed by atoms with Crippen LogP contribution in [0.5, 0.6) is 11.6 Å².